The number of amides is 1. The van der Waals surface area contributed by atoms with Gasteiger partial charge in [-0.15, -0.1) is 0 Å². The second-order valence-corrected chi connectivity index (χ2v) is 7.57. The van der Waals surface area contributed by atoms with Gasteiger partial charge in [0.2, 0.25) is 15.9 Å². The van der Waals surface area contributed by atoms with E-state index in [0.29, 0.717) is 11.4 Å². The zero-order chi connectivity index (χ0) is 18.4. The summed E-state index contributed by atoms with van der Waals surface area (Å²) in [5, 5.41) is 2.63. The molecule has 0 bridgehead atoms. The minimum absolute atomic E-state index is 0.0715. The highest BCUT2D eigenvalue weighted by Gasteiger charge is 2.17. The number of carbonyl (C=O) groups excluding carboxylic acids is 1. The monoisotopic (exact) mass is 366 g/mol. The van der Waals surface area contributed by atoms with Crippen molar-refractivity contribution in [2.24, 2.45) is 0 Å². The van der Waals surface area contributed by atoms with Crippen LogP contribution < -0.4 is 10.1 Å². The highest BCUT2D eigenvalue weighted by molar-refractivity contribution is 7.89. The van der Waals surface area contributed by atoms with Crippen LogP contribution in [0.25, 0.3) is 0 Å². The number of anilines is 1. The molecular weight excluding hydrogens is 347 g/mol. The number of carbonyl (C=O) groups is 1. The molecule has 2 aromatic rings. The lowest BCUT2D eigenvalue weighted by molar-refractivity contribution is -0.116. The number of rotatable bonds is 7. The number of sulfonamides is 1. The van der Waals surface area contributed by atoms with Gasteiger partial charge in [-0.05, 0) is 42.5 Å². The first-order chi connectivity index (χ1) is 11.8. The Bertz CT molecular complexity index is 836. The Hall–Kier alpha value is -2.45. The topological polar surface area (TPSA) is 75.7 Å². The maximum Gasteiger partial charge on any atom is 0.242 e. The number of nitrogens with zero attached hydrogens (tertiary/aromatic N) is 1. The molecule has 6 nitrogen and oxygen atoms in total. The summed E-state index contributed by atoms with van der Waals surface area (Å²) >= 11 is 0. The van der Waals surface area contributed by atoms with Crippen molar-refractivity contribution in [3.63, 3.8) is 0 Å². The summed E-state index contributed by atoms with van der Waals surface area (Å²) in [5.41, 5.74) is 0.384. The lowest BCUT2D eigenvalue weighted by atomic mass is 10.3. The molecule has 0 saturated heterocycles. The summed E-state index contributed by atoms with van der Waals surface area (Å²) in [7, 11) is -0.689. The van der Waals surface area contributed by atoms with Crippen molar-refractivity contribution in [2.45, 2.75) is 11.3 Å². The van der Waals surface area contributed by atoms with Gasteiger partial charge in [0.15, 0.2) is 0 Å². The third-order valence-electron chi connectivity index (χ3n) is 3.31. The predicted octanol–water partition coefficient (Wildman–Crippen LogP) is 2.48. The number of halogens is 1. The fraction of sp³-hybridized carbons (Fsp3) is 0.235. The maximum atomic E-state index is 12.8. The Morgan fingerprint density at radius 2 is 1.84 bits per heavy atom. The number of nitrogens with one attached hydrogen (secondary N) is 1. The van der Waals surface area contributed by atoms with E-state index in [0.717, 1.165) is 4.31 Å². The molecule has 0 fully saturated rings. The molecule has 0 heterocycles. The molecule has 2 rings (SSSR count). The van der Waals surface area contributed by atoms with Gasteiger partial charge < -0.3 is 10.1 Å². The molecule has 0 spiro atoms. The molecule has 134 valence electrons. The minimum atomic E-state index is -3.56. The van der Waals surface area contributed by atoms with Crippen LogP contribution in [-0.2, 0) is 14.8 Å². The average molecular weight is 366 g/mol. The van der Waals surface area contributed by atoms with Gasteiger partial charge in [-0.2, -0.15) is 0 Å². The standard InChI is InChI=1S/C17H19FN2O4S/c1-20(2)25(22,23)16-5-3-4-14(12-16)19-17(21)10-11-24-15-8-6-13(18)7-9-15/h3-9,12H,10-11H2,1-2H3,(H,19,21). The number of hydrogen-bond donors (Lipinski definition) is 1. The van der Waals surface area contributed by atoms with Gasteiger partial charge in [0, 0.05) is 19.8 Å². The zero-order valence-electron chi connectivity index (χ0n) is 13.9. The van der Waals surface area contributed by atoms with Crippen LogP contribution in [0.3, 0.4) is 0 Å². The van der Waals surface area contributed by atoms with Gasteiger partial charge in [-0.1, -0.05) is 6.07 Å². The summed E-state index contributed by atoms with van der Waals surface area (Å²) in [6.45, 7) is 0.118. The van der Waals surface area contributed by atoms with Gasteiger partial charge in [0.25, 0.3) is 0 Å². The van der Waals surface area contributed by atoms with Gasteiger partial charge in [0.05, 0.1) is 17.9 Å². The molecule has 0 radical (unpaired) electrons. The Morgan fingerprint density at radius 1 is 1.16 bits per heavy atom. The van der Waals surface area contributed by atoms with Crippen LogP contribution in [0.2, 0.25) is 0 Å². The van der Waals surface area contributed by atoms with Gasteiger partial charge >= 0.3 is 0 Å². The Kier molecular flexibility index (Phi) is 6.11. The summed E-state index contributed by atoms with van der Waals surface area (Å²) in [4.78, 5) is 12.0. The van der Waals surface area contributed by atoms with Gasteiger partial charge in [-0.25, -0.2) is 17.1 Å². The average Bonchev–Trinajstić information content (AvgIpc) is 2.56. The molecule has 8 heteroatoms. The van der Waals surface area contributed by atoms with Crippen LogP contribution in [0.15, 0.2) is 53.4 Å². The van der Waals surface area contributed by atoms with E-state index in [1.807, 2.05) is 0 Å². The molecule has 2 aromatic carbocycles. The number of ether oxygens (including phenoxy) is 1. The van der Waals surface area contributed by atoms with Crippen molar-refractivity contribution in [1.82, 2.24) is 4.31 Å². The maximum absolute atomic E-state index is 12.8. The first-order valence-corrected chi connectivity index (χ1v) is 8.94. The van der Waals surface area contributed by atoms with E-state index in [2.05, 4.69) is 5.32 Å². The molecule has 0 unspecified atom stereocenters. The molecule has 1 N–H and O–H groups in total. The van der Waals surface area contributed by atoms with Crippen LogP contribution in [0, 0.1) is 5.82 Å². The second-order valence-electron chi connectivity index (χ2n) is 5.42. The largest absolute Gasteiger partial charge is 0.493 e. The molecule has 0 aromatic heterocycles. The third-order valence-corrected chi connectivity index (χ3v) is 5.12. The summed E-state index contributed by atoms with van der Waals surface area (Å²) < 4.78 is 43.4. The van der Waals surface area contributed by atoms with Crippen LogP contribution in [0.4, 0.5) is 10.1 Å². The van der Waals surface area contributed by atoms with E-state index >= 15 is 0 Å². The first-order valence-electron chi connectivity index (χ1n) is 7.50. The minimum Gasteiger partial charge on any atom is -0.493 e. The van der Waals surface area contributed by atoms with Crippen molar-refractivity contribution in [1.29, 1.82) is 0 Å². The van der Waals surface area contributed by atoms with Crippen molar-refractivity contribution in [3.8, 4) is 5.75 Å². The lowest BCUT2D eigenvalue weighted by Crippen LogP contribution is -2.22. The Labute approximate surface area is 146 Å². The zero-order valence-corrected chi connectivity index (χ0v) is 14.7. The Balaban J connectivity index is 1.91. The molecular formula is C17H19FN2O4S. The fourth-order valence-corrected chi connectivity index (χ4v) is 2.91. The normalized spacial score (nSPS) is 11.4. The summed E-state index contributed by atoms with van der Waals surface area (Å²) in [6, 6.07) is 11.5. The molecule has 0 aliphatic carbocycles. The quantitative estimate of drug-likeness (QED) is 0.817. The summed E-state index contributed by atoms with van der Waals surface area (Å²) in [5.74, 6) is -0.215. The fourth-order valence-electron chi connectivity index (χ4n) is 1.96. The molecule has 0 saturated carbocycles. The predicted molar refractivity (Wildman–Crippen MR) is 92.5 cm³/mol. The molecule has 0 aliphatic heterocycles. The second kappa shape index (κ2) is 8.09. The van der Waals surface area contributed by atoms with Gasteiger partial charge in [-0.3, -0.25) is 4.79 Å². The van der Waals surface area contributed by atoms with Crippen molar-refractivity contribution in [3.05, 3.63) is 54.3 Å². The lowest BCUT2D eigenvalue weighted by Gasteiger charge is -2.13. The van der Waals surface area contributed by atoms with E-state index in [9.17, 15) is 17.6 Å². The van der Waals surface area contributed by atoms with Crippen molar-refractivity contribution in [2.75, 3.05) is 26.0 Å². The van der Waals surface area contributed by atoms with E-state index in [4.69, 9.17) is 4.74 Å². The van der Waals surface area contributed by atoms with E-state index in [1.54, 1.807) is 12.1 Å². The van der Waals surface area contributed by atoms with Gasteiger partial charge in [0.1, 0.15) is 11.6 Å². The number of hydrogen-bond acceptors (Lipinski definition) is 4. The number of benzene rings is 2. The highest BCUT2D eigenvalue weighted by atomic mass is 32.2. The summed E-state index contributed by atoms with van der Waals surface area (Å²) in [6.07, 6.45) is 0.0715. The Morgan fingerprint density at radius 3 is 2.48 bits per heavy atom. The van der Waals surface area contributed by atoms with Crippen LogP contribution in [-0.4, -0.2) is 39.3 Å². The van der Waals surface area contributed by atoms with Crippen LogP contribution in [0.1, 0.15) is 6.42 Å². The van der Waals surface area contributed by atoms with Crippen molar-refractivity contribution < 1.29 is 22.3 Å². The van der Waals surface area contributed by atoms with E-state index in [1.165, 1.54) is 50.5 Å². The SMILES string of the molecule is CN(C)S(=O)(=O)c1cccc(NC(=O)CCOc2ccc(F)cc2)c1. The highest BCUT2D eigenvalue weighted by Crippen LogP contribution is 2.18. The molecule has 1 amide bonds. The molecule has 0 atom stereocenters. The third kappa shape index (κ3) is 5.27. The first kappa shape index (κ1) is 18.9. The van der Waals surface area contributed by atoms with E-state index in [-0.39, 0.29) is 29.6 Å². The van der Waals surface area contributed by atoms with Crippen LogP contribution >= 0.6 is 0 Å². The smallest absolute Gasteiger partial charge is 0.242 e. The van der Waals surface area contributed by atoms with E-state index < -0.39 is 10.0 Å². The molecule has 0 aliphatic rings. The van der Waals surface area contributed by atoms with Crippen molar-refractivity contribution >= 4 is 21.6 Å². The molecule has 25 heavy (non-hydrogen) atoms. The van der Waals surface area contributed by atoms with Crippen LogP contribution in [0.5, 0.6) is 5.75 Å².